The van der Waals surface area contributed by atoms with Crippen LogP contribution in [-0.4, -0.2) is 40.9 Å². The normalized spacial score (nSPS) is 13.9. The van der Waals surface area contributed by atoms with Gasteiger partial charge in [0.05, 0.1) is 11.4 Å². The summed E-state index contributed by atoms with van der Waals surface area (Å²) in [5, 5.41) is 7.39. The van der Waals surface area contributed by atoms with Crippen molar-refractivity contribution in [3.05, 3.63) is 94.9 Å². The van der Waals surface area contributed by atoms with Crippen LogP contribution >= 0.6 is 12.4 Å². The largest absolute Gasteiger partial charge is 0.368 e. The molecule has 34 heavy (non-hydrogen) atoms. The van der Waals surface area contributed by atoms with Crippen LogP contribution in [0.3, 0.4) is 0 Å². The number of hydrogen-bond donors (Lipinski definition) is 1. The van der Waals surface area contributed by atoms with E-state index in [1.807, 2.05) is 35.9 Å². The van der Waals surface area contributed by atoms with Gasteiger partial charge in [0.25, 0.3) is 5.56 Å². The van der Waals surface area contributed by atoms with E-state index in [-0.39, 0.29) is 18.0 Å². The average molecular weight is 472 g/mol. The van der Waals surface area contributed by atoms with E-state index in [1.54, 1.807) is 0 Å². The maximum atomic E-state index is 12.7. The van der Waals surface area contributed by atoms with Gasteiger partial charge in [-0.1, -0.05) is 36.4 Å². The van der Waals surface area contributed by atoms with Crippen molar-refractivity contribution in [3.8, 4) is 5.69 Å². The van der Waals surface area contributed by atoms with Gasteiger partial charge in [0.1, 0.15) is 5.65 Å². The van der Waals surface area contributed by atoms with E-state index in [1.165, 1.54) is 11.4 Å². The maximum Gasteiger partial charge on any atom is 0.257 e. The molecule has 1 aliphatic rings. The fourth-order valence-corrected chi connectivity index (χ4v) is 4.89. The first-order valence-electron chi connectivity index (χ1n) is 11.3. The van der Waals surface area contributed by atoms with Gasteiger partial charge in [0.2, 0.25) is 0 Å². The lowest BCUT2D eigenvalue weighted by Crippen LogP contribution is -2.46. The Morgan fingerprint density at radius 1 is 0.706 bits per heavy atom. The van der Waals surface area contributed by atoms with Gasteiger partial charge in [0.15, 0.2) is 0 Å². The molecule has 1 N–H and O–H groups in total. The Morgan fingerprint density at radius 3 is 1.88 bits per heavy atom. The Labute approximate surface area is 203 Å². The number of anilines is 2. The number of hydrogen-bond acceptors (Lipinski definition) is 4. The number of aromatic amines is 1. The van der Waals surface area contributed by atoms with Crippen LogP contribution in [0.4, 0.5) is 11.4 Å². The second kappa shape index (κ2) is 8.88. The van der Waals surface area contributed by atoms with Crippen LogP contribution < -0.4 is 15.4 Å². The molecular formula is C27H26ClN5O. The second-order valence-corrected chi connectivity index (χ2v) is 8.55. The summed E-state index contributed by atoms with van der Waals surface area (Å²) in [6.45, 7) is 5.96. The van der Waals surface area contributed by atoms with Crippen LogP contribution in [0.25, 0.3) is 27.5 Å². The molecule has 0 saturated carbocycles. The number of H-pyrrole nitrogens is 1. The molecule has 1 fully saturated rings. The van der Waals surface area contributed by atoms with E-state index in [0.29, 0.717) is 5.39 Å². The van der Waals surface area contributed by atoms with Gasteiger partial charge in [-0.2, -0.15) is 5.10 Å². The molecule has 0 unspecified atom stereocenters. The number of rotatable bonds is 3. The molecule has 172 valence electrons. The fourth-order valence-electron chi connectivity index (χ4n) is 4.89. The average Bonchev–Trinajstić information content (AvgIpc) is 3.21. The highest BCUT2D eigenvalue weighted by atomic mass is 35.5. The van der Waals surface area contributed by atoms with Gasteiger partial charge in [-0.15, -0.1) is 12.4 Å². The summed E-state index contributed by atoms with van der Waals surface area (Å²) >= 11 is 0. The fraction of sp³-hybridized carbons (Fsp3) is 0.185. The highest BCUT2D eigenvalue weighted by molar-refractivity contribution is 6.05. The molecule has 3 aromatic carbocycles. The summed E-state index contributed by atoms with van der Waals surface area (Å²) in [7, 11) is 0. The van der Waals surface area contributed by atoms with E-state index in [9.17, 15) is 4.79 Å². The van der Waals surface area contributed by atoms with Crippen LogP contribution in [0.5, 0.6) is 0 Å². The quantitative estimate of drug-likeness (QED) is 0.405. The van der Waals surface area contributed by atoms with Crippen LogP contribution in [-0.2, 0) is 0 Å². The first-order chi connectivity index (χ1) is 16.2. The molecule has 1 saturated heterocycles. The number of nitrogens with zero attached hydrogens (tertiary/aromatic N) is 4. The number of aromatic nitrogens is 3. The minimum atomic E-state index is -0.0906. The molecule has 2 aromatic heterocycles. The van der Waals surface area contributed by atoms with Crippen LogP contribution in [0, 0.1) is 6.92 Å². The number of halogens is 1. The lowest BCUT2D eigenvalue weighted by Gasteiger charge is -2.37. The number of aryl methyl sites for hydroxylation is 1. The third-order valence-corrected chi connectivity index (χ3v) is 6.59. The second-order valence-electron chi connectivity index (χ2n) is 8.55. The molecule has 0 bridgehead atoms. The predicted molar refractivity (Wildman–Crippen MR) is 142 cm³/mol. The zero-order valence-corrected chi connectivity index (χ0v) is 19.8. The number of nitrogens with one attached hydrogen (secondary N) is 1. The van der Waals surface area contributed by atoms with Gasteiger partial charge in [-0.05, 0) is 49.4 Å². The van der Waals surface area contributed by atoms with Gasteiger partial charge in [0, 0.05) is 53.7 Å². The molecule has 0 radical (unpaired) electrons. The molecule has 0 aliphatic carbocycles. The molecule has 6 nitrogen and oxygen atoms in total. The molecule has 0 spiro atoms. The number of benzene rings is 3. The number of piperazine rings is 1. The van der Waals surface area contributed by atoms with Crippen LogP contribution in [0.15, 0.2) is 83.7 Å². The van der Waals surface area contributed by atoms with Crippen molar-refractivity contribution in [2.24, 2.45) is 0 Å². The molecule has 0 atom stereocenters. The van der Waals surface area contributed by atoms with Gasteiger partial charge >= 0.3 is 0 Å². The SMILES string of the molecule is Cc1nn(-c2ccc(N3CCN(c4ccccc4)CC3)cc2)c2[nH]c(=O)c3ccccc3c12.Cl. The van der Waals surface area contributed by atoms with Crippen LogP contribution in [0.1, 0.15) is 5.69 Å². The van der Waals surface area contributed by atoms with E-state index in [0.717, 1.165) is 54.0 Å². The van der Waals surface area contributed by atoms with Crippen LogP contribution in [0.2, 0.25) is 0 Å². The molecule has 0 amide bonds. The topological polar surface area (TPSA) is 57.2 Å². The minimum absolute atomic E-state index is 0. The van der Waals surface area contributed by atoms with Crippen molar-refractivity contribution >= 4 is 45.6 Å². The van der Waals surface area contributed by atoms with E-state index >= 15 is 0 Å². The maximum absolute atomic E-state index is 12.7. The Morgan fingerprint density at radius 2 is 1.24 bits per heavy atom. The van der Waals surface area contributed by atoms with Gasteiger partial charge in [-0.25, -0.2) is 4.68 Å². The number of fused-ring (bicyclic) bond motifs is 3. The first kappa shape index (κ1) is 22.0. The van der Waals surface area contributed by atoms with Crippen molar-refractivity contribution in [2.45, 2.75) is 6.92 Å². The Kier molecular flexibility index (Phi) is 5.75. The smallest absolute Gasteiger partial charge is 0.257 e. The van der Waals surface area contributed by atoms with Gasteiger partial charge in [-0.3, -0.25) is 4.79 Å². The Bertz CT molecular complexity index is 1500. The van der Waals surface area contributed by atoms with Crippen molar-refractivity contribution in [1.82, 2.24) is 14.8 Å². The lowest BCUT2D eigenvalue weighted by atomic mass is 10.1. The lowest BCUT2D eigenvalue weighted by molar-refractivity contribution is 0.653. The van der Waals surface area contributed by atoms with E-state index in [4.69, 9.17) is 5.10 Å². The molecular weight excluding hydrogens is 446 g/mol. The van der Waals surface area contributed by atoms with Crippen molar-refractivity contribution in [1.29, 1.82) is 0 Å². The van der Waals surface area contributed by atoms with Crippen molar-refractivity contribution in [2.75, 3.05) is 36.0 Å². The van der Waals surface area contributed by atoms with E-state index in [2.05, 4.69) is 69.4 Å². The monoisotopic (exact) mass is 471 g/mol. The van der Waals surface area contributed by atoms with Crippen molar-refractivity contribution in [3.63, 3.8) is 0 Å². The summed E-state index contributed by atoms with van der Waals surface area (Å²) in [5.41, 5.74) is 4.98. The first-order valence-corrected chi connectivity index (χ1v) is 11.3. The zero-order valence-electron chi connectivity index (χ0n) is 18.9. The summed E-state index contributed by atoms with van der Waals surface area (Å²) in [6, 6.07) is 26.8. The standard InChI is InChI=1S/C27H25N5O.ClH/c1-19-25-23-9-5-6-10-24(23)27(33)28-26(25)32(29-19)22-13-11-21(12-14-22)31-17-15-30(16-18-31)20-7-3-2-4-8-20;/h2-14H,15-18H2,1H3,(H,28,33);1H. The molecule has 5 aromatic rings. The molecule has 3 heterocycles. The highest BCUT2D eigenvalue weighted by Crippen LogP contribution is 2.27. The Hall–Kier alpha value is -3.77. The molecule has 6 rings (SSSR count). The van der Waals surface area contributed by atoms with E-state index < -0.39 is 0 Å². The summed E-state index contributed by atoms with van der Waals surface area (Å²) in [5.74, 6) is 0. The van der Waals surface area contributed by atoms with Gasteiger partial charge < -0.3 is 14.8 Å². The Balaban J connectivity index is 0.00000241. The minimum Gasteiger partial charge on any atom is -0.368 e. The third-order valence-electron chi connectivity index (χ3n) is 6.59. The third kappa shape index (κ3) is 3.70. The number of pyridine rings is 1. The molecule has 7 heteroatoms. The van der Waals surface area contributed by atoms with Crippen molar-refractivity contribution < 1.29 is 0 Å². The number of para-hydroxylation sites is 1. The molecule has 1 aliphatic heterocycles. The summed E-state index contributed by atoms with van der Waals surface area (Å²) < 4.78 is 1.84. The summed E-state index contributed by atoms with van der Waals surface area (Å²) in [4.78, 5) is 20.6. The zero-order chi connectivity index (χ0) is 22.4. The predicted octanol–water partition coefficient (Wildman–Crippen LogP) is 4.92. The summed E-state index contributed by atoms with van der Waals surface area (Å²) in [6.07, 6.45) is 0. The highest BCUT2D eigenvalue weighted by Gasteiger charge is 2.18.